The zero-order valence-corrected chi connectivity index (χ0v) is 13.8. The number of ether oxygens (including phenoxy) is 1. The summed E-state index contributed by atoms with van der Waals surface area (Å²) in [5.41, 5.74) is 1.23. The van der Waals surface area contributed by atoms with Crippen molar-refractivity contribution in [3.8, 4) is 5.75 Å². The first-order valence-corrected chi connectivity index (χ1v) is 7.63. The van der Waals surface area contributed by atoms with Crippen LogP contribution in [0.5, 0.6) is 5.75 Å². The third-order valence-electron chi connectivity index (χ3n) is 3.26. The number of halogens is 1. The van der Waals surface area contributed by atoms with Crippen molar-refractivity contribution < 1.29 is 9.53 Å². The van der Waals surface area contributed by atoms with Crippen molar-refractivity contribution in [1.82, 2.24) is 14.7 Å². The number of benzene rings is 1. The second-order valence-corrected chi connectivity index (χ2v) is 5.28. The fourth-order valence-corrected chi connectivity index (χ4v) is 2.34. The number of hydrogen-bond donors (Lipinski definition) is 0. The number of aryl methyl sites for hydroxylation is 1. The molecule has 5 nitrogen and oxygen atoms in total. The van der Waals surface area contributed by atoms with E-state index < -0.39 is 0 Å². The van der Waals surface area contributed by atoms with Gasteiger partial charge in [-0.3, -0.25) is 9.48 Å². The monoisotopic (exact) mass is 321 g/mol. The molecule has 0 aliphatic rings. The van der Waals surface area contributed by atoms with Crippen LogP contribution in [0, 0.1) is 0 Å². The van der Waals surface area contributed by atoms with Crippen LogP contribution in [0.25, 0.3) is 0 Å². The summed E-state index contributed by atoms with van der Waals surface area (Å²) in [7, 11) is 1.73. The molecule has 1 aromatic carbocycles. The molecule has 0 radical (unpaired) electrons. The van der Waals surface area contributed by atoms with Gasteiger partial charge in [-0.15, -0.1) is 0 Å². The third-order valence-corrected chi connectivity index (χ3v) is 3.58. The van der Waals surface area contributed by atoms with Crippen LogP contribution < -0.4 is 4.74 Å². The second kappa shape index (κ2) is 7.31. The molecule has 0 bridgehead atoms. The lowest BCUT2D eigenvalue weighted by Gasteiger charge is -2.18. The normalized spacial score (nSPS) is 10.5. The molecule has 2 rings (SSSR count). The summed E-state index contributed by atoms with van der Waals surface area (Å²) in [6, 6.07) is 7.23. The SMILES string of the molecule is CCOc1ccccc1C(=O)N(C)Cc1nn(CC)cc1Cl. The Morgan fingerprint density at radius 2 is 2.09 bits per heavy atom. The first kappa shape index (κ1) is 16.4. The highest BCUT2D eigenvalue weighted by atomic mass is 35.5. The van der Waals surface area contributed by atoms with Gasteiger partial charge in [0.2, 0.25) is 0 Å². The molecule has 0 aliphatic heterocycles. The maximum absolute atomic E-state index is 12.6. The topological polar surface area (TPSA) is 47.4 Å². The van der Waals surface area contributed by atoms with Gasteiger partial charge in [0.15, 0.2) is 0 Å². The van der Waals surface area contributed by atoms with Crippen LogP contribution in [-0.2, 0) is 13.1 Å². The van der Waals surface area contributed by atoms with E-state index in [2.05, 4.69) is 5.10 Å². The fourth-order valence-electron chi connectivity index (χ4n) is 2.13. The molecule has 1 aromatic heterocycles. The Morgan fingerprint density at radius 3 is 2.73 bits per heavy atom. The lowest BCUT2D eigenvalue weighted by Crippen LogP contribution is -2.27. The molecule has 2 aromatic rings. The number of nitrogens with zero attached hydrogens (tertiary/aromatic N) is 3. The third kappa shape index (κ3) is 3.60. The molecule has 0 aliphatic carbocycles. The molecule has 1 amide bonds. The number of hydrogen-bond acceptors (Lipinski definition) is 3. The van der Waals surface area contributed by atoms with E-state index in [4.69, 9.17) is 16.3 Å². The highest BCUT2D eigenvalue weighted by molar-refractivity contribution is 6.31. The maximum atomic E-state index is 12.6. The number of carbonyl (C=O) groups excluding carboxylic acids is 1. The minimum Gasteiger partial charge on any atom is -0.493 e. The van der Waals surface area contributed by atoms with E-state index in [-0.39, 0.29) is 5.91 Å². The molecular formula is C16H20ClN3O2. The van der Waals surface area contributed by atoms with Crippen LogP contribution in [0.15, 0.2) is 30.5 Å². The molecule has 0 saturated carbocycles. The zero-order chi connectivity index (χ0) is 16.1. The Kier molecular flexibility index (Phi) is 5.44. The molecular weight excluding hydrogens is 302 g/mol. The summed E-state index contributed by atoms with van der Waals surface area (Å²) in [6.45, 7) is 5.48. The first-order valence-electron chi connectivity index (χ1n) is 7.25. The minimum absolute atomic E-state index is 0.119. The molecule has 118 valence electrons. The highest BCUT2D eigenvalue weighted by Crippen LogP contribution is 2.21. The van der Waals surface area contributed by atoms with E-state index in [1.165, 1.54) is 0 Å². The van der Waals surface area contributed by atoms with Gasteiger partial charge in [-0.25, -0.2) is 0 Å². The predicted octanol–water partition coefficient (Wildman–Crippen LogP) is 3.23. The molecule has 0 atom stereocenters. The standard InChI is InChI=1S/C16H20ClN3O2/c1-4-20-10-13(17)14(18-20)11-19(3)16(21)12-8-6-7-9-15(12)22-5-2/h6-10H,4-5,11H2,1-3H3. The molecule has 6 heteroatoms. The van der Waals surface area contributed by atoms with Crippen LogP contribution in [0.1, 0.15) is 29.9 Å². The molecule has 0 fully saturated rings. The van der Waals surface area contributed by atoms with E-state index in [9.17, 15) is 4.79 Å². The van der Waals surface area contributed by atoms with Crippen molar-refractivity contribution in [3.63, 3.8) is 0 Å². The number of aromatic nitrogens is 2. The van der Waals surface area contributed by atoms with Crippen molar-refractivity contribution in [3.05, 3.63) is 46.7 Å². The number of amides is 1. The van der Waals surface area contributed by atoms with Crippen LogP contribution >= 0.6 is 11.6 Å². The summed E-state index contributed by atoms with van der Waals surface area (Å²) < 4.78 is 7.26. The molecule has 1 heterocycles. The Balaban J connectivity index is 2.17. The number of carbonyl (C=O) groups is 1. The van der Waals surface area contributed by atoms with E-state index in [0.29, 0.717) is 35.2 Å². The van der Waals surface area contributed by atoms with Gasteiger partial charge in [-0.1, -0.05) is 23.7 Å². The largest absolute Gasteiger partial charge is 0.493 e. The van der Waals surface area contributed by atoms with E-state index in [0.717, 1.165) is 6.54 Å². The average molecular weight is 322 g/mol. The smallest absolute Gasteiger partial charge is 0.257 e. The molecule has 22 heavy (non-hydrogen) atoms. The lowest BCUT2D eigenvalue weighted by molar-refractivity contribution is 0.0779. The molecule has 0 saturated heterocycles. The highest BCUT2D eigenvalue weighted by Gasteiger charge is 2.18. The second-order valence-electron chi connectivity index (χ2n) is 4.87. The maximum Gasteiger partial charge on any atom is 0.257 e. The summed E-state index contributed by atoms with van der Waals surface area (Å²) >= 11 is 6.15. The van der Waals surface area contributed by atoms with E-state index >= 15 is 0 Å². The van der Waals surface area contributed by atoms with Gasteiger partial charge in [-0.05, 0) is 26.0 Å². The first-order chi connectivity index (χ1) is 10.6. The van der Waals surface area contributed by atoms with Gasteiger partial charge >= 0.3 is 0 Å². The Morgan fingerprint density at radius 1 is 1.36 bits per heavy atom. The fraction of sp³-hybridized carbons (Fsp3) is 0.375. The number of rotatable bonds is 6. The van der Waals surface area contributed by atoms with Crippen molar-refractivity contribution >= 4 is 17.5 Å². The summed E-state index contributed by atoms with van der Waals surface area (Å²) in [4.78, 5) is 14.2. The van der Waals surface area contributed by atoms with Crippen LogP contribution in [0.4, 0.5) is 0 Å². The number of para-hydroxylation sites is 1. The lowest BCUT2D eigenvalue weighted by atomic mass is 10.1. The van der Waals surface area contributed by atoms with Gasteiger partial charge in [0.25, 0.3) is 5.91 Å². The van der Waals surface area contributed by atoms with Crippen molar-refractivity contribution in [1.29, 1.82) is 0 Å². The van der Waals surface area contributed by atoms with Crippen LogP contribution in [0.2, 0.25) is 5.02 Å². The van der Waals surface area contributed by atoms with Gasteiger partial charge in [0.1, 0.15) is 11.4 Å². The zero-order valence-electron chi connectivity index (χ0n) is 13.0. The predicted molar refractivity (Wildman–Crippen MR) is 86.3 cm³/mol. The van der Waals surface area contributed by atoms with Crippen molar-refractivity contribution in [2.75, 3.05) is 13.7 Å². The minimum atomic E-state index is -0.119. The summed E-state index contributed by atoms with van der Waals surface area (Å²) in [5.74, 6) is 0.471. The van der Waals surface area contributed by atoms with Gasteiger partial charge < -0.3 is 9.64 Å². The van der Waals surface area contributed by atoms with Crippen LogP contribution in [-0.4, -0.2) is 34.2 Å². The van der Waals surface area contributed by atoms with Gasteiger partial charge in [0.05, 0.1) is 23.7 Å². The average Bonchev–Trinajstić information content (AvgIpc) is 2.87. The van der Waals surface area contributed by atoms with Gasteiger partial charge in [0, 0.05) is 19.8 Å². The van der Waals surface area contributed by atoms with Gasteiger partial charge in [-0.2, -0.15) is 5.10 Å². The Hall–Kier alpha value is -2.01. The van der Waals surface area contributed by atoms with Crippen LogP contribution in [0.3, 0.4) is 0 Å². The van der Waals surface area contributed by atoms with E-state index in [1.54, 1.807) is 35.0 Å². The van der Waals surface area contributed by atoms with Crippen molar-refractivity contribution in [2.24, 2.45) is 0 Å². The summed E-state index contributed by atoms with van der Waals surface area (Å²) in [5, 5.41) is 4.93. The Bertz CT molecular complexity index is 655. The quantitative estimate of drug-likeness (QED) is 0.820. The van der Waals surface area contributed by atoms with Crippen molar-refractivity contribution in [2.45, 2.75) is 26.9 Å². The molecule has 0 N–H and O–H groups in total. The summed E-state index contributed by atoms with van der Waals surface area (Å²) in [6.07, 6.45) is 1.77. The molecule has 0 unspecified atom stereocenters. The Labute approximate surface area is 135 Å². The molecule has 0 spiro atoms. The van der Waals surface area contributed by atoms with E-state index in [1.807, 2.05) is 26.0 Å².